The molecule has 1 aromatic rings. The van der Waals surface area contributed by atoms with Crippen molar-refractivity contribution >= 4 is 11.6 Å². The van der Waals surface area contributed by atoms with Crippen molar-refractivity contribution in [2.45, 2.75) is 46.1 Å². The molecule has 0 bridgehead atoms. The van der Waals surface area contributed by atoms with Gasteiger partial charge in [0.2, 0.25) is 0 Å². The highest BCUT2D eigenvalue weighted by atomic mass is 16.5. The minimum Gasteiger partial charge on any atom is -0.377 e. The summed E-state index contributed by atoms with van der Waals surface area (Å²) in [6.07, 6.45) is 4.90. The molecule has 1 aliphatic heterocycles. The van der Waals surface area contributed by atoms with Gasteiger partial charge in [0.15, 0.2) is 5.82 Å². The topological polar surface area (TPSA) is 50.3 Å². The molecule has 118 valence electrons. The number of nitrogens with one attached hydrogen (secondary N) is 1. The first kappa shape index (κ1) is 16.0. The second-order valence-corrected chi connectivity index (χ2v) is 5.73. The second-order valence-electron chi connectivity index (χ2n) is 5.73. The molecule has 1 aliphatic rings. The highest BCUT2D eigenvalue weighted by molar-refractivity contribution is 5.49. The van der Waals surface area contributed by atoms with Crippen LogP contribution < -0.4 is 10.2 Å². The Morgan fingerprint density at radius 3 is 2.67 bits per heavy atom. The fourth-order valence-electron chi connectivity index (χ4n) is 2.75. The molecule has 21 heavy (non-hydrogen) atoms. The molecule has 2 heterocycles. The Morgan fingerprint density at radius 2 is 2.05 bits per heavy atom. The molecule has 1 N–H and O–H groups in total. The van der Waals surface area contributed by atoms with Crippen molar-refractivity contribution in [2.75, 3.05) is 37.0 Å². The summed E-state index contributed by atoms with van der Waals surface area (Å²) in [6.45, 7) is 8.01. The number of anilines is 2. The highest BCUT2D eigenvalue weighted by Crippen LogP contribution is 2.25. The molecular formula is C16H28N4O. The molecule has 1 fully saturated rings. The number of ether oxygens (including phenoxy) is 1. The van der Waals surface area contributed by atoms with Crippen LogP contribution in [0.15, 0.2) is 6.07 Å². The van der Waals surface area contributed by atoms with Gasteiger partial charge >= 0.3 is 0 Å². The lowest BCUT2D eigenvalue weighted by Gasteiger charge is -2.32. The molecule has 1 saturated heterocycles. The van der Waals surface area contributed by atoms with Crippen LogP contribution in [0.3, 0.4) is 0 Å². The van der Waals surface area contributed by atoms with E-state index >= 15 is 0 Å². The maximum Gasteiger partial charge on any atom is 0.158 e. The van der Waals surface area contributed by atoms with Gasteiger partial charge in [-0.25, -0.2) is 9.97 Å². The fraction of sp³-hybridized carbons (Fsp3) is 0.750. The van der Waals surface area contributed by atoms with E-state index in [1.165, 1.54) is 19.3 Å². The van der Waals surface area contributed by atoms with Gasteiger partial charge in [-0.1, -0.05) is 20.3 Å². The van der Waals surface area contributed by atoms with Crippen LogP contribution in [-0.2, 0) is 11.3 Å². The first-order valence-corrected chi connectivity index (χ1v) is 8.12. The summed E-state index contributed by atoms with van der Waals surface area (Å²) >= 11 is 0. The lowest BCUT2D eigenvalue weighted by molar-refractivity contribution is 0.178. The summed E-state index contributed by atoms with van der Waals surface area (Å²) in [7, 11) is 1.68. The molecule has 2 rings (SSSR count). The van der Waals surface area contributed by atoms with Crippen LogP contribution in [0.1, 0.15) is 45.4 Å². The molecule has 0 saturated carbocycles. The van der Waals surface area contributed by atoms with Crippen molar-refractivity contribution in [1.82, 2.24) is 9.97 Å². The molecule has 5 nitrogen and oxygen atoms in total. The molecule has 0 aliphatic carbocycles. The molecule has 0 unspecified atom stereocenters. The summed E-state index contributed by atoms with van der Waals surface area (Å²) in [6, 6.07) is 2.07. The Hall–Kier alpha value is -1.36. The van der Waals surface area contributed by atoms with Crippen LogP contribution in [0.5, 0.6) is 0 Å². The maximum atomic E-state index is 5.19. The number of methoxy groups -OCH3 is 1. The average molecular weight is 292 g/mol. The average Bonchev–Trinajstić information content (AvgIpc) is 2.53. The van der Waals surface area contributed by atoms with Crippen LogP contribution in [0.25, 0.3) is 0 Å². The fourth-order valence-corrected chi connectivity index (χ4v) is 2.75. The third-order valence-corrected chi connectivity index (χ3v) is 4.10. The minimum atomic E-state index is 0.458. The Labute approximate surface area is 128 Å². The number of nitrogens with zero attached hydrogens (tertiary/aromatic N) is 3. The van der Waals surface area contributed by atoms with Gasteiger partial charge in [0.25, 0.3) is 0 Å². The summed E-state index contributed by atoms with van der Waals surface area (Å²) in [5.41, 5.74) is 0. The molecule has 0 atom stereocenters. The molecule has 0 radical (unpaired) electrons. The van der Waals surface area contributed by atoms with E-state index in [1.807, 2.05) is 0 Å². The zero-order valence-electron chi connectivity index (χ0n) is 13.6. The van der Waals surface area contributed by atoms with E-state index in [9.17, 15) is 0 Å². The quantitative estimate of drug-likeness (QED) is 0.837. The number of hydrogen-bond acceptors (Lipinski definition) is 5. The van der Waals surface area contributed by atoms with E-state index in [4.69, 9.17) is 4.74 Å². The van der Waals surface area contributed by atoms with Crippen molar-refractivity contribution in [1.29, 1.82) is 0 Å². The Bertz CT molecular complexity index is 430. The number of piperidine rings is 1. The van der Waals surface area contributed by atoms with Gasteiger partial charge in [-0.3, -0.25) is 0 Å². The zero-order valence-corrected chi connectivity index (χ0v) is 13.6. The van der Waals surface area contributed by atoms with Gasteiger partial charge in [-0.05, 0) is 25.2 Å². The third-order valence-electron chi connectivity index (χ3n) is 4.10. The van der Waals surface area contributed by atoms with Crippen molar-refractivity contribution < 1.29 is 4.74 Å². The molecule has 0 amide bonds. The van der Waals surface area contributed by atoms with Gasteiger partial charge in [0.05, 0.1) is 0 Å². The van der Waals surface area contributed by atoms with E-state index in [-0.39, 0.29) is 0 Å². The molecule has 0 spiro atoms. The van der Waals surface area contributed by atoms with Crippen LogP contribution in [0.4, 0.5) is 11.6 Å². The van der Waals surface area contributed by atoms with Crippen molar-refractivity contribution in [3.63, 3.8) is 0 Å². The van der Waals surface area contributed by atoms with Gasteiger partial charge in [-0.15, -0.1) is 0 Å². The molecule has 0 aromatic carbocycles. The van der Waals surface area contributed by atoms with E-state index in [1.54, 1.807) is 7.11 Å². The number of hydrogen-bond donors (Lipinski definition) is 1. The zero-order chi connectivity index (χ0) is 15.1. The first-order chi connectivity index (χ1) is 10.3. The first-order valence-electron chi connectivity index (χ1n) is 8.12. The van der Waals surface area contributed by atoms with Crippen molar-refractivity contribution in [2.24, 2.45) is 5.92 Å². The van der Waals surface area contributed by atoms with Crippen LogP contribution in [-0.4, -0.2) is 36.7 Å². The second kappa shape index (κ2) is 8.17. The normalized spacial score (nSPS) is 16.2. The summed E-state index contributed by atoms with van der Waals surface area (Å²) in [5, 5.41) is 3.36. The van der Waals surface area contributed by atoms with Crippen LogP contribution in [0, 0.1) is 5.92 Å². The maximum absolute atomic E-state index is 5.19. The smallest absolute Gasteiger partial charge is 0.158 e. The predicted octanol–water partition coefficient (Wildman–Crippen LogP) is 3.07. The van der Waals surface area contributed by atoms with E-state index in [0.29, 0.717) is 6.61 Å². The van der Waals surface area contributed by atoms with Crippen molar-refractivity contribution in [3.8, 4) is 0 Å². The number of rotatable bonds is 7. The Kier molecular flexibility index (Phi) is 6.23. The van der Waals surface area contributed by atoms with Gasteiger partial charge in [0, 0.05) is 32.8 Å². The van der Waals surface area contributed by atoms with E-state index < -0.39 is 0 Å². The summed E-state index contributed by atoms with van der Waals surface area (Å²) in [5.74, 6) is 3.57. The lowest BCUT2D eigenvalue weighted by atomic mass is 9.94. The number of aromatic nitrogens is 2. The van der Waals surface area contributed by atoms with E-state index in [0.717, 1.165) is 49.4 Å². The summed E-state index contributed by atoms with van der Waals surface area (Å²) < 4.78 is 5.19. The van der Waals surface area contributed by atoms with Gasteiger partial charge in [0.1, 0.15) is 18.2 Å². The van der Waals surface area contributed by atoms with Crippen LogP contribution >= 0.6 is 0 Å². The minimum absolute atomic E-state index is 0.458. The van der Waals surface area contributed by atoms with E-state index in [2.05, 4.69) is 40.1 Å². The standard InChI is InChI=1S/C16H28N4O/c1-4-8-17-14-11-16(19-15(18-14)12-21-3)20-9-6-13(5-2)7-10-20/h11,13H,4-10,12H2,1-3H3,(H,17,18,19). The Balaban J connectivity index is 2.11. The Morgan fingerprint density at radius 1 is 1.29 bits per heavy atom. The third kappa shape index (κ3) is 4.56. The van der Waals surface area contributed by atoms with Gasteiger partial charge < -0.3 is 15.0 Å². The summed E-state index contributed by atoms with van der Waals surface area (Å²) in [4.78, 5) is 11.5. The highest BCUT2D eigenvalue weighted by Gasteiger charge is 2.19. The van der Waals surface area contributed by atoms with Crippen LogP contribution in [0.2, 0.25) is 0 Å². The van der Waals surface area contributed by atoms with Crippen molar-refractivity contribution in [3.05, 3.63) is 11.9 Å². The van der Waals surface area contributed by atoms with Gasteiger partial charge in [-0.2, -0.15) is 0 Å². The SMILES string of the molecule is CCCNc1cc(N2CCC(CC)CC2)nc(COC)n1. The predicted molar refractivity (Wildman–Crippen MR) is 86.8 cm³/mol. The lowest BCUT2D eigenvalue weighted by Crippen LogP contribution is -2.34. The molecule has 5 heteroatoms. The monoisotopic (exact) mass is 292 g/mol. The largest absolute Gasteiger partial charge is 0.377 e. The molecular weight excluding hydrogens is 264 g/mol. The molecule has 1 aromatic heterocycles.